The molecule has 0 bridgehead atoms. The molecule has 0 spiro atoms. The van der Waals surface area contributed by atoms with Crippen LogP contribution in [0.3, 0.4) is 0 Å². The minimum atomic E-state index is -1.92. The lowest BCUT2D eigenvalue weighted by Gasteiger charge is -2.36. The van der Waals surface area contributed by atoms with Crippen molar-refractivity contribution in [3.05, 3.63) is 0 Å². The third-order valence-corrected chi connectivity index (χ3v) is 9.66. The molecule has 2 saturated carbocycles. The van der Waals surface area contributed by atoms with Gasteiger partial charge >= 0.3 is 8.56 Å². The predicted molar refractivity (Wildman–Crippen MR) is 64.1 cm³/mol. The molecule has 0 aromatic rings. The third kappa shape index (κ3) is 1.69. The summed E-state index contributed by atoms with van der Waals surface area (Å²) in [7, 11) is -1.92. The first kappa shape index (κ1) is 11.6. The Kier molecular flexibility index (Phi) is 2.99. The summed E-state index contributed by atoms with van der Waals surface area (Å²) in [5.74, 6) is 0.808. The highest BCUT2D eigenvalue weighted by molar-refractivity contribution is 6.74. The van der Waals surface area contributed by atoms with Crippen molar-refractivity contribution in [3.8, 4) is 0 Å². The fourth-order valence-electron chi connectivity index (χ4n) is 3.03. The molecule has 0 aromatic heterocycles. The van der Waals surface area contributed by atoms with E-state index in [0.717, 1.165) is 24.7 Å². The maximum absolute atomic E-state index is 6.21. The van der Waals surface area contributed by atoms with Crippen LogP contribution in [-0.4, -0.2) is 21.8 Å². The summed E-state index contributed by atoms with van der Waals surface area (Å²) < 4.78 is 12.4. The molecular formula is C12H24O2Si. The second-order valence-corrected chi connectivity index (χ2v) is 9.20. The summed E-state index contributed by atoms with van der Waals surface area (Å²) >= 11 is 0. The van der Waals surface area contributed by atoms with Gasteiger partial charge in [-0.2, -0.15) is 0 Å². The van der Waals surface area contributed by atoms with E-state index in [-0.39, 0.29) is 0 Å². The van der Waals surface area contributed by atoms with Gasteiger partial charge in [0.05, 0.1) is 0 Å². The summed E-state index contributed by atoms with van der Waals surface area (Å²) in [4.78, 5) is 0. The Bertz CT molecular complexity index is 234. The van der Waals surface area contributed by atoms with Crippen molar-refractivity contribution in [1.29, 1.82) is 0 Å². The Balaban J connectivity index is 2.19. The highest BCUT2D eigenvalue weighted by Gasteiger charge is 2.71. The lowest BCUT2D eigenvalue weighted by Crippen LogP contribution is -2.48. The minimum absolute atomic E-state index is 0.403. The first-order chi connectivity index (χ1) is 7.10. The largest absolute Gasteiger partial charge is 0.394 e. The molecule has 2 nitrogen and oxygen atoms in total. The Morgan fingerprint density at radius 2 is 1.67 bits per heavy atom. The molecule has 0 aromatic carbocycles. The normalized spacial score (nSPS) is 35.6. The number of hydrogen-bond donors (Lipinski definition) is 0. The van der Waals surface area contributed by atoms with E-state index in [9.17, 15) is 0 Å². The topological polar surface area (TPSA) is 18.5 Å². The van der Waals surface area contributed by atoms with Gasteiger partial charge in [0.1, 0.15) is 0 Å². The molecule has 0 amide bonds. The van der Waals surface area contributed by atoms with Gasteiger partial charge in [0, 0.05) is 23.8 Å². The molecule has 0 saturated heterocycles. The van der Waals surface area contributed by atoms with Gasteiger partial charge in [0.15, 0.2) is 0 Å². The average molecular weight is 228 g/mol. The van der Waals surface area contributed by atoms with E-state index in [0.29, 0.717) is 5.04 Å². The molecular weight excluding hydrogens is 204 g/mol. The summed E-state index contributed by atoms with van der Waals surface area (Å²) in [5, 5.41) is 0.403. The van der Waals surface area contributed by atoms with Crippen LogP contribution in [0.25, 0.3) is 0 Å². The first-order valence-corrected chi connectivity index (χ1v) is 8.28. The quantitative estimate of drug-likeness (QED) is 0.648. The summed E-state index contributed by atoms with van der Waals surface area (Å²) in [5.41, 5.74) is 0.785. The van der Waals surface area contributed by atoms with Gasteiger partial charge in [0.2, 0.25) is 0 Å². The smallest absolute Gasteiger partial charge is 0.347 e. The van der Waals surface area contributed by atoms with Crippen LogP contribution in [0.1, 0.15) is 47.0 Å². The van der Waals surface area contributed by atoms with Crippen LogP contribution in [0.2, 0.25) is 10.6 Å². The van der Waals surface area contributed by atoms with Crippen molar-refractivity contribution in [2.24, 2.45) is 5.92 Å². The van der Waals surface area contributed by atoms with Crippen molar-refractivity contribution in [2.75, 3.05) is 13.2 Å². The maximum Gasteiger partial charge on any atom is 0.347 e. The van der Waals surface area contributed by atoms with Gasteiger partial charge in [-0.1, -0.05) is 13.8 Å². The first-order valence-electron chi connectivity index (χ1n) is 6.38. The van der Waals surface area contributed by atoms with Gasteiger partial charge in [-0.25, -0.2) is 0 Å². The SMILES string of the molecule is CCO[Si](OCC)(C1CC1)C1(C)CC1C. The molecule has 2 rings (SSSR count). The summed E-state index contributed by atoms with van der Waals surface area (Å²) in [6.07, 6.45) is 4.00. The van der Waals surface area contributed by atoms with E-state index in [4.69, 9.17) is 8.85 Å². The zero-order valence-electron chi connectivity index (χ0n) is 10.5. The van der Waals surface area contributed by atoms with Crippen LogP contribution < -0.4 is 0 Å². The highest BCUT2D eigenvalue weighted by Crippen LogP contribution is 2.71. The van der Waals surface area contributed by atoms with E-state index < -0.39 is 8.56 Å². The van der Waals surface area contributed by atoms with Gasteiger partial charge in [-0.15, -0.1) is 0 Å². The zero-order valence-corrected chi connectivity index (χ0v) is 11.5. The molecule has 15 heavy (non-hydrogen) atoms. The molecule has 88 valence electrons. The molecule has 2 aliphatic rings. The molecule has 2 atom stereocenters. The van der Waals surface area contributed by atoms with Crippen LogP contribution in [0, 0.1) is 5.92 Å². The molecule has 0 N–H and O–H groups in total. The van der Waals surface area contributed by atoms with Crippen LogP contribution >= 0.6 is 0 Å². The molecule has 0 heterocycles. The fraction of sp³-hybridized carbons (Fsp3) is 1.00. The van der Waals surface area contributed by atoms with E-state index in [1.54, 1.807) is 0 Å². The van der Waals surface area contributed by atoms with E-state index in [2.05, 4.69) is 27.7 Å². The predicted octanol–water partition coefficient (Wildman–Crippen LogP) is 3.47. The summed E-state index contributed by atoms with van der Waals surface area (Å²) in [6.45, 7) is 10.6. The van der Waals surface area contributed by atoms with Crippen LogP contribution in [0.15, 0.2) is 0 Å². The molecule has 2 unspecified atom stereocenters. The molecule has 2 fully saturated rings. The van der Waals surface area contributed by atoms with E-state index in [1.165, 1.54) is 19.3 Å². The second kappa shape index (κ2) is 3.86. The second-order valence-electron chi connectivity index (χ2n) is 5.33. The number of hydrogen-bond acceptors (Lipinski definition) is 2. The molecule has 3 heteroatoms. The fourth-order valence-corrected chi connectivity index (χ4v) is 8.24. The maximum atomic E-state index is 6.21. The van der Waals surface area contributed by atoms with Crippen molar-refractivity contribution in [3.63, 3.8) is 0 Å². The van der Waals surface area contributed by atoms with Crippen molar-refractivity contribution >= 4 is 8.56 Å². The van der Waals surface area contributed by atoms with Gasteiger partial charge in [-0.3, -0.25) is 0 Å². The van der Waals surface area contributed by atoms with Crippen molar-refractivity contribution < 1.29 is 8.85 Å². The van der Waals surface area contributed by atoms with E-state index in [1.807, 2.05) is 0 Å². The van der Waals surface area contributed by atoms with Crippen LogP contribution in [0.5, 0.6) is 0 Å². The Hall–Kier alpha value is 0.137. The minimum Gasteiger partial charge on any atom is -0.394 e. The van der Waals surface area contributed by atoms with Crippen LogP contribution in [-0.2, 0) is 8.85 Å². The monoisotopic (exact) mass is 228 g/mol. The van der Waals surface area contributed by atoms with Crippen LogP contribution in [0.4, 0.5) is 0 Å². The lowest BCUT2D eigenvalue weighted by molar-refractivity contribution is 0.166. The van der Waals surface area contributed by atoms with Gasteiger partial charge in [0.25, 0.3) is 0 Å². The standard InChI is InChI=1S/C12H24O2Si/c1-5-13-15(14-6-2,11-7-8-11)12(4)9-10(12)3/h10-11H,5-9H2,1-4H3. The third-order valence-electron chi connectivity index (χ3n) is 4.29. The molecule has 0 aliphatic heterocycles. The lowest BCUT2D eigenvalue weighted by atomic mass is 10.4. The van der Waals surface area contributed by atoms with Crippen molar-refractivity contribution in [1.82, 2.24) is 0 Å². The van der Waals surface area contributed by atoms with E-state index >= 15 is 0 Å². The Labute approximate surface area is 94.6 Å². The average Bonchev–Trinajstić information content (AvgIpc) is 3.05. The summed E-state index contributed by atoms with van der Waals surface area (Å²) in [6, 6.07) is 0. The number of rotatable bonds is 6. The molecule has 0 radical (unpaired) electrons. The highest BCUT2D eigenvalue weighted by atomic mass is 28.4. The van der Waals surface area contributed by atoms with Gasteiger partial charge < -0.3 is 8.85 Å². The molecule has 2 aliphatic carbocycles. The Morgan fingerprint density at radius 3 is 1.93 bits per heavy atom. The van der Waals surface area contributed by atoms with Gasteiger partial charge in [-0.05, 0) is 39.0 Å². The zero-order chi connectivity index (χ0) is 11.1. The van der Waals surface area contributed by atoms with Crippen molar-refractivity contribution in [2.45, 2.75) is 57.5 Å². The Morgan fingerprint density at radius 1 is 1.20 bits per heavy atom.